The van der Waals surface area contributed by atoms with E-state index in [1.54, 1.807) is 6.20 Å². The largest absolute Gasteiger partial charge is 0.493 e. The summed E-state index contributed by atoms with van der Waals surface area (Å²) in [6.45, 7) is 9.27. The van der Waals surface area contributed by atoms with Crippen LogP contribution in [-0.4, -0.2) is 77.9 Å². The highest BCUT2D eigenvalue weighted by Crippen LogP contribution is 2.32. The van der Waals surface area contributed by atoms with Gasteiger partial charge in [0.05, 0.1) is 13.2 Å². The van der Waals surface area contributed by atoms with Crippen molar-refractivity contribution in [2.75, 3.05) is 46.4 Å². The number of likely N-dealkylation sites (N-methyl/N-ethyl adjacent to an activating group) is 1. The smallest absolute Gasteiger partial charge is 0.236 e. The molecular weight excluding hydrogens is 488 g/mol. The number of pyridine rings is 1. The highest BCUT2D eigenvalue weighted by molar-refractivity contribution is 5.79. The molecule has 2 bridgehead atoms. The molecule has 0 N–H and O–H groups in total. The Morgan fingerprint density at radius 3 is 2.74 bits per heavy atom. The molecule has 39 heavy (non-hydrogen) atoms. The minimum atomic E-state index is 0.184. The van der Waals surface area contributed by atoms with Crippen molar-refractivity contribution in [1.82, 2.24) is 19.7 Å². The van der Waals surface area contributed by atoms with Crippen molar-refractivity contribution in [2.24, 2.45) is 17.8 Å². The molecule has 0 saturated carbocycles. The zero-order chi connectivity index (χ0) is 27.6. The molecule has 1 fully saturated rings. The van der Waals surface area contributed by atoms with Crippen molar-refractivity contribution in [2.45, 2.75) is 58.9 Å². The fourth-order valence-electron chi connectivity index (χ4n) is 5.73. The second kappa shape index (κ2) is 14.5. The van der Waals surface area contributed by atoms with Crippen LogP contribution in [-0.2, 0) is 22.6 Å². The van der Waals surface area contributed by atoms with Crippen molar-refractivity contribution < 1.29 is 14.3 Å². The lowest BCUT2D eigenvalue weighted by Gasteiger charge is -2.39. The number of piperidine rings is 1. The number of nitrogens with zero attached hydrogens (tertiary/aromatic N) is 4. The van der Waals surface area contributed by atoms with Gasteiger partial charge in [0.1, 0.15) is 5.75 Å². The van der Waals surface area contributed by atoms with Crippen LogP contribution in [0.4, 0.5) is 0 Å². The van der Waals surface area contributed by atoms with Crippen LogP contribution >= 0.6 is 0 Å². The summed E-state index contributed by atoms with van der Waals surface area (Å²) >= 11 is 0. The van der Waals surface area contributed by atoms with Gasteiger partial charge in [-0.1, -0.05) is 38.1 Å². The van der Waals surface area contributed by atoms with Gasteiger partial charge in [0.25, 0.3) is 0 Å². The van der Waals surface area contributed by atoms with Gasteiger partial charge in [-0.2, -0.15) is 0 Å². The first-order valence-corrected chi connectivity index (χ1v) is 14.7. The summed E-state index contributed by atoms with van der Waals surface area (Å²) in [5, 5.41) is 0. The van der Waals surface area contributed by atoms with Crippen molar-refractivity contribution in [3.05, 3.63) is 59.9 Å². The average Bonchev–Trinajstić information content (AvgIpc) is 2.94. The predicted octanol–water partition coefficient (Wildman–Crippen LogP) is 4.66. The van der Waals surface area contributed by atoms with E-state index in [4.69, 9.17) is 4.74 Å². The summed E-state index contributed by atoms with van der Waals surface area (Å²) in [4.78, 5) is 37.3. The topological polar surface area (TPSA) is 66.0 Å². The number of para-hydroxylation sites is 1. The maximum atomic E-state index is 13.5. The van der Waals surface area contributed by atoms with E-state index < -0.39 is 0 Å². The van der Waals surface area contributed by atoms with Crippen LogP contribution in [0.3, 0.4) is 0 Å². The minimum absolute atomic E-state index is 0.184. The van der Waals surface area contributed by atoms with Crippen LogP contribution in [0.15, 0.2) is 48.7 Å². The summed E-state index contributed by atoms with van der Waals surface area (Å²) in [5.41, 5.74) is 2.15. The molecule has 2 aliphatic heterocycles. The lowest BCUT2D eigenvalue weighted by Crippen LogP contribution is -2.48. The van der Waals surface area contributed by atoms with Crippen LogP contribution in [0.25, 0.3) is 0 Å². The second-order valence-corrected chi connectivity index (χ2v) is 11.7. The molecule has 3 heterocycles. The van der Waals surface area contributed by atoms with Gasteiger partial charge in [-0.25, -0.2) is 0 Å². The number of hydrogen-bond donors (Lipinski definition) is 0. The first-order chi connectivity index (χ1) is 18.9. The van der Waals surface area contributed by atoms with Crippen molar-refractivity contribution >= 4 is 11.8 Å². The predicted molar refractivity (Wildman–Crippen MR) is 154 cm³/mol. The molecule has 2 amide bonds. The molecule has 0 aliphatic carbocycles. The number of hydrogen-bond acceptors (Lipinski definition) is 5. The van der Waals surface area contributed by atoms with Gasteiger partial charge >= 0.3 is 0 Å². The molecule has 0 spiro atoms. The Morgan fingerprint density at radius 2 is 1.95 bits per heavy atom. The summed E-state index contributed by atoms with van der Waals surface area (Å²) < 4.78 is 6.26. The van der Waals surface area contributed by atoms with Gasteiger partial charge in [0.2, 0.25) is 11.8 Å². The molecule has 4 rings (SSSR count). The Morgan fingerprint density at radius 1 is 1.13 bits per heavy atom. The lowest BCUT2D eigenvalue weighted by molar-refractivity contribution is -0.136. The van der Waals surface area contributed by atoms with Crippen LogP contribution in [0.2, 0.25) is 0 Å². The van der Waals surface area contributed by atoms with E-state index in [0.29, 0.717) is 44.5 Å². The third kappa shape index (κ3) is 8.79. The number of rotatable bonds is 8. The summed E-state index contributed by atoms with van der Waals surface area (Å²) in [6.07, 6.45) is 6.89. The summed E-state index contributed by atoms with van der Waals surface area (Å²) in [7, 11) is 1.89. The van der Waals surface area contributed by atoms with Crippen molar-refractivity contribution in [3.63, 3.8) is 0 Å². The third-order valence-electron chi connectivity index (χ3n) is 8.26. The van der Waals surface area contributed by atoms with Crippen LogP contribution in [0.1, 0.15) is 57.2 Å². The molecule has 212 valence electrons. The number of carbonyl (C=O) groups excluding carboxylic acids is 2. The number of ether oxygens (including phenoxy) is 1. The van der Waals surface area contributed by atoms with Crippen LogP contribution < -0.4 is 4.74 Å². The molecule has 1 aromatic heterocycles. The SMILES string of the molecule is CC(C)CCN1CC(=O)N2CC[C@@H](CC(=O)N(C)CCc3ccccn3)[C@@H](CCCOc3ccccc3C1)C2. The quantitative estimate of drug-likeness (QED) is 0.493. The molecule has 2 atom stereocenters. The monoisotopic (exact) mass is 534 g/mol. The normalized spacial score (nSPS) is 20.8. The van der Waals surface area contributed by atoms with Gasteiger partial charge < -0.3 is 14.5 Å². The summed E-state index contributed by atoms with van der Waals surface area (Å²) in [5.74, 6) is 2.48. The second-order valence-electron chi connectivity index (χ2n) is 11.7. The fraction of sp³-hybridized carbons (Fsp3) is 0.594. The Labute approximate surface area is 234 Å². The van der Waals surface area contributed by atoms with Crippen molar-refractivity contribution in [1.29, 1.82) is 0 Å². The lowest BCUT2D eigenvalue weighted by atomic mass is 9.80. The van der Waals surface area contributed by atoms with E-state index in [1.165, 1.54) is 0 Å². The maximum Gasteiger partial charge on any atom is 0.236 e. The number of benzene rings is 1. The minimum Gasteiger partial charge on any atom is -0.493 e. The first-order valence-electron chi connectivity index (χ1n) is 14.7. The summed E-state index contributed by atoms with van der Waals surface area (Å²) in [6, 6.07) is 14.1. The molecule has 0 unspecified atom stereocenters. The third-order valence-corrected chi connectivity index (χ3v) is 8.26. The molecule has 2 aliphatic rings. The maximum absolute atomic E-state index is 13.5. The fourth-order valence-corrected chi connectivity index (χ4v) is 5.73. The Bertz CT molecular complexity index is 1060. The van der Waals surface area contributed by atoms with Gasteiger partial charge in [-0.3, -0.25) is 19.5 Å². The Hall–Kier alpha value is -2.93. The zero-order valence-corrected chi connectivity index (χ0v) is 24.1. The molecule has 1 aromatic carbocycles. The van der Waals surface area contributed by atoms with Gasteiger partial charge in [-0.05, 0) is 68.2 Å². The Kier molecular flexibility index (Phi) is 10.8. The zero-order valence-electron chi connectivity index (χ0n) is 24.1. The Balaban J connectivity index is 1.41. The van der Waals surface area contributed by atoms with Crippen molar-refractivity contribution in [3.8, 4) is 5.75 Å². The van der Waals surface area contributed by atoms with Crippen LogP contribution in [0, 0.1) is 17.8 Å². The number of fused-ring (bicyclic) bond motifs is 3. The number of amides is 2. The number of aromatic nitrogens is 1. The standard InChI is InChI=1S/C32H46N4O3/c1-25(2)13-18-35-22-28-9-4-5-12-30(28)39-20-8-10-27-23-36(32(38)24-35)19-14-26(27)21-31(37)34(3)17-15-29-11-6-7-16-33-29/h4-7,9,11-12,16,25-27H,8,10,13-15,17-24H2,1-3H3/t26-,27-/m0/s1. The molecule has 0 radical (unpaired) electrons. The molecular formula is C32H46N4O3. The van der Waals surface area contributed by atoms with E-state index >= 15 is 0 Å². The molecule has 2 aromatic rings. The van der Waals surface area contributed by atoms with E-state index in [-0.39, 0.29) is 17.7 Å². The van der Waals surface area contributed by atoms with Gasteiger partial charge in [-0.15, -0.1) is 0 Å². The van der Waals surface area contributed by atoms with E-state index in [9.17, 15) is 9.59 Å². The number of carbonyl (C=O) groups is 2. The average molecular weight is 535 g/mol. The molecule has 7 nitrogen and oxygen atoms in total. The molecule has 1 saturated heterocycles. The van der Waals surface area contributed by atoms with Gasteiger partial charge in [0.15, 0.2) is 0 Å². The van der Waals surface area contributed by atoms with E-state index in [2.05, 4.69) is 34.7 Å². The first kappa shape index (κ1) is 29.1. The van der Waals surface area contributed by atoms with Gasteiger partial charge in [0, 0.05) is 63.5 Å². The van der Waals surface area contributed by atoms with Crippen LogP contribution in [0.5, 0.6) is 5.75 Å². The molecule has 7 heteroatoms. The highest BCUT2D eigenvalue weighted by Gasteiger charge is 2.33. The van der Waals surface area contributed by atoms with E-state index in [1.807, 2.05) is 48.3 Å². The van der Waals surface area contributed by atoms with E-state index in [0.717, 1.165) is 68.7 Å². The highest BCUT2D eigenvalue weighted by atomic mass is 16.5.